The molecular formula is C13H21NO. The summed E-state index contributed by atoms with van der Waals surface area (Å²) in [6.45, 7) is 7.99. The van der Waals surface area contributed by atoms with Gasteiger partial charge >= 0.3 is 0 Å². The second kappa shape index (κ2) is 4.38. The van der Waals surface area contributed by atoms with Gasteiger partial charge in [-0.15, -0.1) is 0 Å². The number of rotatable bonds is 2. The number of carbonyl (C=O) groups excluding carboxylic acids is 1. The summed E-state index contributed by atoms with van der Waals surface area (Å²) in [4.78, 5) is 14.1. The van der Waals surface area contributed by atoms with Gasteiger partial charge in [0.1, 0.15) is 0 Å². The van der Waals surface area contributed by atoms with Crippen molar-refractivity contribution in [1.29, 1.82) is 0 Å². The van der Waals surface area contributed by atoms with Crippen molar-refractivity contribution in [2.24, 2.45) is 11.8 Å². The fourth-order valence-corrected chi connectivity index (χ4v) is 2.49. The minimum Gasteiger partial charge on any atom is -0.342 e. The molecule has 1 heterocycles. The Labute approximate surface area is 92.3 Å². The maximum Gasteiger partial charge on any atom is 0.225 e. The number of piperidine rings is 1. The van der Waals surface area contributed by atoms with Gasteiger partial charge in [-0.1, -0.05) is 18.6 Å². The molecule has 84 valence electrons. The van der Waals surface area contributed by atoms with E-state index in [-0.39, 0.29) is 0 Å². The van der Waals surface area contributed by atoms with Gasteiger partial charge in [-0.25, -0.2) is 0 Å². The third-order valence-electron chi connectivity index (χ3n) is 3.88. The smallest absolute Gasteiger partial charge is 0.225 e. The predicted octanol–water partition coefficient (Wildman–Crippen LogP) is 2.60. The summed E-state index contributed by atoms with van der Waals surface area (Å²) >= 11 is 0. The highest BCUT2D eigenvalue weighted by molar-refractivity contribution is 5.79. The van der Waals surface area contributed by atoms with Crippen LogP contribution in [0.4, 0.5) is 0 Å². The number of amides is 1. The van der Waals surface area contributed by atoms with Crippen LogP contribution in [0.3, 0.4) is 0 Å². The van der Waals surface area contributed by atoms with Crippen LogP contribution >= 0.6 is 0 Å². The molecule has 0 radical (unpaired) electrons. The summed E-state index contributed by atoms with van der Waals surface area (Å²) in [6.07, 6.45) is 5.84. The molecule has 1 aliphatic carbocycles. The Morgan fingerprint density at radius 2 is 1.87 bits per heavy atom. The van der Waals surface area contributed by atoms with Crippen LogP contribution < -0.4 is 0 Å². The van der Waals surface area contributed by atoms with Gasteiger partial charge in [0.2, 0.25) is 5.91 Å². The van der Waals surface area contributed by atoms with Crippen LogP contribution in [-0.2, 0) is 4.79 Å². The van der Waals surface area contributed by atoms with Crippen molar-refractivity contribution in [3.8, 4) is 0 Å². The summed E-state index contributed by atoms with van der Waals surface area (Å²) in [5, 5.41) is 0. The molecule has 1 aliphatic heterocycles. The van der Waals surface area contributed by atoms with Crippen LogP contribution in [0.25, 0.3) is 0 Å². The molecule has 0 N–H and O–H groups in total. The Bertz CT molecular complexity index is 268. The number of hydrogen-bond acceptors (Lipinski definition) is 1. The Kier molecular flexibility index (Phi) is 3.13. The van der Waals surface area contributed by atoms with Gasteiger partial charge in [0, 0.05) is 19.0 Å². The Morgan fingerprint density at radius 3 is 2.40 bits per heavy atom. The van der Waals surface area contributed by atoms with Crippen molar-refractivity contribution in [2.45, 2.75) is 39.0 Å². The summed E-state index contributed by atoms with van der Waals surface area (Å²) in [7, 11) is 0. The van der Waals surface area contributed by atoms with Crippen LogP contribution in [0.1, 0.15) is 39.0 Å². The number of nitrogens with zero attached hydrogens (tertiary/aromatic N) is 1. The number of likely N-dealkylation sites (tertiary alicyclic amines) is 1. The van der Waals surface area contributed by atoms with Crippen LogP contribution in [0.5, 0.6) is 0 Å². The quantitative estimate of drug-likeness (QED) is 0.637. The van der Waals surface area contributed by atoms with E-state index in [0.29, 0.717) is 17.7 Å². The predicted molar refractivity (Wildman–Crippen MR) is 61.5 cm³/mol. The fraction of sp³-hybridized carbons (Fsp3) is 0.769. The molecule has 0 bridgehead atoms. The average molecular weight is 207 g/mol. The molecule has 2 fully saturated rings. The molecule has 0 aromatic heterocycles. The monoisotopic (exact) mass is 207 g/mol. The number of hydrogen-bond donors (Lipinski definition) is 0. The van der Waals surface area contributed by atoms with Gasteiger partial charge in [0.15, 0.2) is 0 Å². The van der Waals surface area contributed by atoms with Gasteiger partial charge in [-0.3, -0.25) is 4.79 Å². The lowest BCUT2D eigenvalue weighted by atomic mass is 9.83. The highest BCUT2D eigenvalue weighted by Gasteiger charge is 2.32. The molecule has 1 saturated heterocycles. The minimum absolute atomic E-state index is 0.355. The number of carbonyl (C=O) groups is 1. The van der Waals surface area contributed by atoms with E-state index in [1.807, 2.05) is 0 Å². The van der Waals surface area contributed by atoms with Crippen molar-refractivity contribution >= 4 is 5.91 Å². The molecule has 2 aliphatic rings. The highest BCUT2D eigenvalue weighted by atomic mass is 16.2. The Hall–Kier alpha value is -0.790. The van der Waals surface area contributed by atoms with Crippen molar-refractivity contribution in [2.75, 3.05) is 13.1 Å². The van der Waals surface area contributed by atoms with Gasteiger partial charge in [-0.2, -0.15) is 0 Å². The molecule has 15 heavy (non-hydrogen) atoms. The van der Waals surface area contributed by atoms with Crippen molar-refractivity contribution in [3.63, 3.8) is 0 Å². The first kappa shape index (κ1) is 10.7. The highest BCUT2D eigenvalue weighted by Crippen LogP contribution is 2.30. The Morgan fingerprint density at radius 1 is 1.20 bits per heavy atom. The van der Waals surface area contributed by atoms with E-state index in [0.717, 1.165) is 32.4 Å². The standard InChI is InChI=1S/C13H21NO/c1-10(2)12-7-4-8-14(9-12)13(15)11-5-3-6-11/h11-12H,1,3-9H2,2H3. The van der Waals surface area contributed by atoms with Crippen LogP contribution in [0.15, 0.2) is 12.2 Å². The molecule has 2 heteroatoms. The molecule has 1 unspecified atom stereocenters. The van der Waals surface area contributed by atoms with E-state index in [1.165, 1.54) is 18.4 Å². The maximum absolute atomic E-state index is 12.0. The van der Waals surface area contributed by atoms with Crippen LogP contribution in [0, 0.1) is 11.8 Å². The third kappa shape index (κ3) is 2.24. The van der Waals surface area contributed by atoms with E-state index < -0.39 is 0 Å². The Balaban J connectivity index is 1.91. The maximum atomic E-state index is 12.0. The first-order valence-corrected chi connectivity index (χ1v) is 6.12. The third-order valence-corrected chi connectivity index (χ3v) is 3.88. The molecule has 1 atom stereocenters. The normalized spacial score (nSPS) is 27.3. The topological polar surface area (TPSA) is 20.3 Å². The van der Waals surface area contributed by atoms with Crippen molar-refractivity contribution < 1.29 is 4.79 Å². The molecule has 2 nitrogen and oxygen atoms in total. The zero-order valence-electron chi connectivity index (χ0n) is 9.67. The molecule has 0 aromatic carbocycles. The molecular weight excluding hydrogens is 186 g/mol. The van der Waals surface area contributed by atoms with Crippen LogP contribution in [0.2, 0.25) is 0 Å². The zero-order chi connectivity index (χ0) is 10.8. The largest absolute Gasteiger partial charge is 0.342 e. The second-order valence-electron chi connectivity index (χ2n) is 5.10. The molecule has 1 saturated carbocycles. The lowest BCUT2D eigenvalue weighted by Crippen LogP contribution is -2.44. The zero-order valence-corrected chi connectivity index (χ0v) is 9.67. The van der Waals surface area contributed by atoms with Crippen LogP contribution in [-0.4, -0.2) is 23.9 Å². The first-order chi connectivity index (χ1) is 7.18. The first-order valence-electron chi connectivity index (χ1n) is 6.12. The molecule has 1 amide bonds. The molecule has 0 aromatic rings. The van der Waals surface area contributed by atoms with Gasteiger partial charge < -0.3 is 4.90 Å². The lowest BCUT2D eigenvalue weighted by molar-refractivity contribution is -0.139. The lowest BCUT2D eigenvalue weighted by Gasteiger charge is -2.37. The average Bonchev–Trinajstić information content (AvgIpc) is 2.15. The van der Waals surface area contributed by atoms with Crippen molar-refractivity contribution in [1.82, 2.24) is 4.90 Å². The summed E-state index contributed by atoms with van der Waals surface area (Å²) in [5.41, 5.74) is 1.24. The van der Waals surface area contributed by atoms with E-state index >= 15 is 0 Å². The van der Waals surface area contributed by atoms with Gasteiger partial charge in [0.25, 0.3) is 0 Å². The summed E-state index contributed by atoms with van der Waals surface area (Å²) in [5.74, 6) is 1.31. The van der Waals surface area contributed by atoms with E-state index in [2.05, 4.69) is 18.4 Å². The van der Waals surface area contributed by atoms with E-state index in [9.17, 15) is 4.79 Å². The van der Waals surface area contributed by atoms with E-state index in [4.69, 9.17) is 0 Å². The van der Waals surface area contributed by atoms with Gasteiger partial charge in [-0.05, 0) is 38.5 Å². The summed E-state index contributed by atoms with van der Waals surface area (Å²) < 4.78 is 0. The fourth-order valence-electron chi connectivity index (χ4n) is 2.49. The van der Waals surface area contributed by atoms with Crippen molar-refractivity contribution in [3.05, 3.63) is 12.2 Å². The summed E-state index contributed by atoms with van der Waals surface area (Å²) in [6, 6.07) is 0. The molecule has 0 spiro atoms. The second-order valence-corrected chi connectivity index (χ2v) is 5.10. The van der Waals surface area contributed by atoms with E-state index in [1.54, 1.807) is 0 Å². The minimum atomic E-state index is 0.355. The SMILES string of the molecule is C=C(C)C1CCCN(C(=O)C2CCC2)C1. The molecule has 2 rings (SSSR count). The van der Waals surface area contributed by atoms with Gasteiger partial charge in [0.05, 0.1) is 0 Å².